The molecular weight excluding hydrogens is 332 g/mol. The maximum absolute atomic E-state index is 11.7. The molecule has 2 N–H and O–H groups in total. The normalized spacial score (nSPS) is 26.8. The van der Waals surface area contributed by atoms with E-state index in [-0.39, 0.29) is 36.1 Å². The molecule has 0 aromatic heterocycles. The summed E-state index contributed by atoms with van der Waals surface area (Å²) in [7, 11) is 0.390. The van der Waals surface area contributed by atoms with E-state index in [0.29, 0.717) is 18.9 Å². The first-order chi connectivity index (χ1) is 11.4. The Kier molecular flexibility index (Phi) is 6.85. The quantitative estimate of drug-likeness (QED) is 0.500. The first-order valence-electron chi connectivity index (χ1n) is 8.43. The number of nitrogens with zero attached hydrogens (tertiary/aromatic N) is 2. The second kappa shape index (κ2) is 8.66. The number of ether oxygens (including phenoxy) is 1. The van der Waals surface area contributed by atoms with Crippen molar-refractivity contribution in [3.63, 3.8) is 0 Å². The van der Waals surface area contributed by atoms with E-state index in [9.17, 15) is 13.2 Å². The summed E-state index contributed by atoms with van der Waals surface area (Å²) in [6.45, 7) is 1.39. The molecule has 24 heavy (non-hydrogen) atoms. The number of nitrogens with one attached hydrogen (secondary N) is 2. The van der Waals surface area contributed by atoms with Crippen LogP contribution in [0.25, 0.3) is 0 Å². The molecular formula is C15H28N4O4S. The highest BCUT2D eigenvalue weighted by Gasteiger charge is 2.28. The van der Waals surface area contributed by atoms with Crippen molar-refractivity contribution in [2.24, 2.45) is 4.99 Å². The number of hydrogen-bond acceptors (Lipinski definition) is 5. The van der Waals surface area contributed by atoms with Crippen LogP contribution in [0.3, 0.4) is 0 Å². The average molecular weight is 360 g/mol. The Morgan fingerprint density at radius 1 is 1.29 bits per heavy atom. The van der Waals surface area contributed by atoms with E-state index in [1.807, 2.05) is 0 Å². The van der Waals surface area contributed by atoms with Crippen molar-refractivity contribution >= 4 is 21.7 Å². The molecule has 2 rings (SSSR count). The SMILES string of the molecule is CN(C)C(=O)CN=C(NCC1CCCCO1)NC1CCS(=O)(=O)C1. The smallest absolute Gasteiger partial charge is 0.243 e. The van der Waals surface area contributed by atoms with Crippen molar-refractivity contribution in [1.82, 2.24) is 15.5 Å². The summed E-state index contributed by atoms with van der Waals surface area (Å²) in [6.07, 6.45) is 3.92. The van der Waals surface area contributed by atoms with E-state index in [2.05, 4.69) is 15.6 Å². The largest absolute Gasteiger partial charge is 0.376 e. The predicted molar refractivity (Wildman–Crippen MR) is 92.8 cm³/mol. The van der Waals surface area contributed by atoms with Gasteiger partial charge in [0.05, 0.1) is 17.6 Å². The summed E-state index contributed by atoms with van der Waals surface area (Å²) in [4.78, 5) is 17.5. The van der Waals surface area contributed by atoms with Crippen molar-refractivity contribution in [3.05, 3.63) is 0 Å². The minimum absolute atomic E-state index is 0.0212. The van der Waals surface area contributed by atoms with Crippen LogP contribution >= 0.6 is 0 Å². The van der Waals surface area contributed by atoms with Gasteiger partial charge in [-0.05, 0) is 25.7 Å². The molecule has 0 radical (unpaired) electrons. The molecule has 2 aliphatic heterocycles. The topological polar surface area (TPSA) is 100 Å². The maximum Gasteiger partial charge on any atom is 0.243 e. The Morgan fingerprint density at radius 2 is 2.08 bits per heavy atom. The van der Waals surface area contributed by atoms with Gasteiger partial charge in [-0.25, -0.2) is 13.4 Å². The number of sulfone groups is 1. The fraction of sp³-hybridized carbons (Fsp3) is 0.867. The van der Waals surface area contributed by atoms with Gasteiger partial charge in [-0.2, -0.15) is 0 Å². The molecule has 2 unspecified atom stereocenters. The van der Waals surface area contributed by atoms with Gasteiger partial charge in [-0.15, -0.1) is 0 Å². The molecule has 0 aliphatic carbocycles. The van der Waals surface area contributed by atoms with Crippen molar-refractivity contribution in [2.45, 2.75) is 37.8 Å². The van der Waals surface area contributed by atoms with Crippen LogP contribution in [0.2, 0.25) is 0 Å². The summed E-state index contributed by atoms with van der Waals surface area (Å²) < 4.78 is 28.9. The number of hydrogen-bond donors (Lipinski definition) is 2. The van der Waals surface area contributed by atoms with Gasteiger partial charge in [0.1, 0.15) is 6.54 Å². The van der Waals surface area contributed by atoms with Gasteiger partial charge < -0.3 is 20.3 Å². The van der Waals surface area contributed by atoms with Crippen molar-refractivity contribution in [1.29, 1.82) is 0 Å². The lowest BCUT2D eigenvalue weighted by Gasteiger charge is -2.24. The third kappa shape index (κ3) is 6.27. The van der Waals surface area contributed by atoms with E-state index < -0.39 is 9.84 Å². The first-order valence-corrected chi connectivity index (χ1v) is 10.2. The summed E-state index contributed by atoms with van der Waals surface area (Å²) in [5, 5.41) is 6.33. The Morgan fingerprint density at radius 3 is 2.67 bits per heavy atom. The molecule has 2 aliphatic rings. The van der Waals surface area contributed by atoms with E-state index in [4.69, 9.17) is 4.74 Å². The van der Waals surface area contributed by atoms with Gasteiger partial charge in [-0.1, -0.05) is 0 Å². The van der Waals surface area contributed by atoms with E-state index in [1.165, 1.54) is 4.90 Å². The second-order valence-corrected chi connectivity index (χ2v) is 8.80. The first kappa shape index (κ1) is 19.0. The number of rotatable bonds is 5. The molecule has 2 saturated heterocycles. The molecule has 0 spiro atoms. The maximum atomic E-state index is 11.7. The minimum atomic E-state index is -2.97. The van der Waals surface area contributed by atoms with E-state index in [0.717, 1.165) is 25.9 Å². The molecule has 0 aromatic rings. The molecule has 8 nitrogen and oxygen atoms in total. The van der Waals surface area contributed by atoms with Crippen LogP contribution in [0.4, 0.5) is 0 Å². The van der Waals surface area contributed by atoms with Gasteiger partial charge in [0, 0.05) is 33.3 Å². The molecule has 2 fully saturated rings. The van der Waals surface area contributed by atoms with Gasteiger partial charge in [-0.3, -0.25) is 4.79 Å². The van der Waals surface area contributed by atoms with Crippen LogP contribution in [0, 0.1) is 0 Å². The van der Waals surface area contributed by atoms with Gasteiger partial charge in [0.15, 0.2) is 15.8 Å². The Hall–Kier alpha value is -1.35. The zero-order valence-corrected chi connectivity index (χ0v) is 15.3. The van der Waals surface area contributed by atoms with Crippen LogP contribution in [-0.2, 0) is 19.4 Å². The van der Waals surface area contributed by atoms with Crippen LogP contribution in [0.5, 0.6) is 0 Å². The highest BCUT2D eigenvalue weighted by Crippen LogP contribution is 2.12. The third-order valence-electron chi connectivity index (χ3n) is 4.22. The Labute approximate surface area is 143 Å². The van der Waals surface area contributed by atoms with Crippen LogP contribution < -0.4 is 10.6 Å². The summed E-state index contributed by atoms with van der Waals surface area (Å²) >= 11 is 0. The Bertz CT molecular complexity index is 556. The summed E-state index contributed by atoms with van der Waals surface area (Å²) in [5.41, 5.74) is 0. The molecule has 9 heteroatoms. The fourth-order valence-electron chi connectivity index (χ4n) is 2.72. The lowest BCUT2D eigenvalue weighted by atomic mass is 10.1. The van der Waals surface area contributed by atoms with Gasteiger partial charge >= 0.3 is 0 Å². The van der Waals surface area contributed by atoms with E-state index in [1.54, 1.807) is 14.1 Å². The van der Waals surface area contributed by atoms with Crippen molar-refractivity contribution in [2.75, 3.05) is 45.3 Å². The highest BCUT2D eigenvalue weighted by molar-refractivity contribution is 7.91. The molecule has 2 heterocycles. The second-order valence-electron chi connectivity index (χ2n) is 6.57. The van der Waals surface area contributed by atoms with Crippen LogP contribution in [-0.4, -0.2) is 82.6 Å². The number of likely N-dealkylation sites (N-methyl/N-ethyl adjacent to an activating group) is 1. The number of guanidine groups is 1. The molecule has 0 aromatic carbocycles. The number of carbonyl (C=O) groups excluding carboxylic acids is 1. The molecule has 2 atom stereocenters. The highest BCUT2D eigenvalue weighted by atomic mass is 32.2. The molecule has 138 valence electrons. The van der Waals surface area contributed by atoms with Gasteiger partial charge in [0.2, 0.25) is 5.91 Å². The van der Waals surface area contributed by atoms with Crippen molar-refractivity contribution < 1.29 is 17.9 Å². The number of carbonyl (C=O) groups is 1. The minimum Gasteiger partial charge on any atom is -0.376 e. The monoisotopic (exact) mass is 360 g/mol. The molecule has 0 saturated carbocycles. The fourth-order valence-corrected chi connectivity index (χ4v) is 4.40. The van der Waals surface area contributed by atoms with E-state index >= 15 is 0 Å². The summed E-state index contributed by atoms with van der Waals surface area (Å²) in [6, 6.07) is -0.164. The Balaban J connectivity index is 1.92. The number of aliphatic imine (C=N–C) groups is 1. The zero-order valence-electron chi connectivity index (χ0n) is 14.5. The summed E-state index contributed by atoms with van der Waals surface area (Å²) in [5.74, 6) is 0.667. The standard InChI is InChI=1S/C15H28N4O4S/c1-19(2)14(20)10-17-15(16-9-13-5-3-4-7-23-13)18-12-6-8-24(21,22)11-12/h12-13H,3-11H2,1-2H3,(H2,16,17,18). The average Bonchev–Trinajstić information content (AvgIpc) is 2.89. The van der Waals surface area contributed by atoms with Crippen molar-refractivity contribution in [3.8, 4) is 0 Å². The lowest BCUT2D eigenvalue weighted by molar-refractivity contribution is -0.127. The van der Waals surface area contributed by atoms with Crippen LogP contribution in [0.15, 0.2) is 4.99 Å². The third-order valence-corrected chi connectivity index (χ3v) is 5.98. The lowest BCUT2D eigenvalue weighted by Crippen LogP contribution is -2.47. The molecule has 0 bridgehead atoms. The van der Waals surface area contributed by atoms with Crippen LogP contribution in [0.1, 0.15) is 25.7 Å². The number of amides is 1. The predicted octanol–water partition coefficient (Wildman–Crippen LogP) is -0.634. The molecule has 1 amide bonds. The zero-order chi connectivity index (χ0) is 17.6. The van der Waals surface area contributed by atoms with Gasteiger partial charge in [0.25, 0.3) is 0 Å².